The molecule has 1 nitrogen and oxygen atoms in total. The molecular weight excluding hydrogens is 170 g/mol. The topological polar surface area (TPSA) is 9.23 Å². The summed E-state index contributed by atoms with van der Waals surface area (Å²) in [6, 6.07) is 0.752. The van der Waals surface area contributed by atoms with Crippen LogP contribution in [0.1, 0.15) is 6.42 Å². The molecule has 0 spiro atoms. The number of hydrogen-bond donors (Lipinski definition) is 0. The van der Waals surface area contributed by atoms with E-state index in [0.717, 1.165) is 6.04 Å². The fourth-order valence-corrected chi connectivity index (χ4v) is 5.67. The molecule has 0 N–H and O–H groups in total. The Kier molecular flexibility index (Phi) is 2.26. The Morgan fingerprint density at radius 3 is 2.60 bits per heavy atom. The van der Waals surface area contributed by atoms with Crippen LogP contribution in [0.25, 0.3) is 0 Å². The van der Waals surface area contributed by atoms with Crippen LogP contribution in [0.15, 0.2) is 0 Å². The molecule has 60 valence electrons. The van der Waals surface area contributed by atoms with Gasteiger partial charge in [-0.25, -0.2) is 4.39 Å². The van der Waals surface area contributed by atoms with Crippen molar-refractivity contribution in [1.82, 2.24) is 0 Å². The summed E-state index contributed by atoms with van der Waals surface area (Å²) in [6.07, 6.45) is -0.894. The second-order valence-corrected chi connectivity index (χ2v) is 14.8. The van der Waals surface area contributed by atoms with Crippen molar-refractivity contribution in [3.63, 3.8) is 0 Å². The van der Waals surface area contributed by atoms with Gasteiger partial charge >= 0.3 is 8.89 Å². The van der Waals surface area contributed by atoms with E-state index in [9.17, 15) is 8.50 Å². The van der Waals surface area contributed by atoms with E-state index in [4.69, 9.17) is 0 Å². The second-order valence-electron chi connectivity index (χ2n) is 3.39. The molecule has 0 aliphatic carbocycles. The van der Waals surface area contributed by atoms with Crippen LogP contribution in [0.3, 0.4) is 0 Å². The Bertz CT molecular complexity index is 131. The van der Waals surface area contributed by atoms with Crippen LogP contribution in [0.5, 0.6) is 0 Å². The molecule has 0 aromatic carbocycles. The second kappa shape index (κ2) is 2.71. The van der Waals surface area contributed by atoms with Crippen LogP contribution in [-0.4, -0.2) is 22.8 Å². The lowest BCUT2D eigenvalue weighted by atomic mass is 10.5. The minimum absolute atomic E-state index is 0.409. The highest BCUT2D eigenvalue weighted by Crippen LogP contribution is 2.26. The maximum atomic E-state index is 13.0. The fraction of sp³-hybridized carbons (Fsp3) is 1.00. The molecule has 10 heavy (non-hydrogen) atoms. The molecule has 0 aromatic rings. The van der Waals surface area contributed by atoms with Crippen molar-refractivity contribution in [2.45, 2.75) is 31.9 Å². The lowest BCUT2D eigenvalue weighted by molar-refractivity contribution is 0.0503. The zero-order valence-electron chi connectivity index (χ0n) is 6.23. The average molecular weight is 182 g/mol. The number of rotatable bonds is 0. The summed E-state index contributed by atoms with van der Waals surface area (Å²) in [5, 5.41) is 0. The first-order valence-corrected chi connectivity index (χ1v) is 9.38. The van der Waals surface area contributed by atoms with E-state index in [1.54, 1.807) is 0 Å². The fourth-order valence-electron chi connectivity index (χ4n) is 0.981. The van der Waals surface area contributed by atoms with Gasteiger partial charge in [0.15, 0.2) is 6.36 Å². The van der Waals surface area contributed by atoms with Crippen LogP contribution >= 0.6 is 0 Å². The molecule has 5 heteroatoms. The summed E-state index contributed by atoms with van der Waals surface area (Å²) in [5.74, 6) is 0. The van der Waals surface area contributed by atoms with E-state index in [2.05, 4.69) is 4.43 Å². The average Bonchev–Trinajstić information content (AvgIpc) is 1.81. The highest BCUT2D eigenvalue weighted by Gasteiger charge is 2.42. The van der Waals surface area contributed by atoms with Crippen molar-refractivity contribution < 1.29 is 12.9 Å². The summed E-state index contributed by atoms with van der Waals surface area (Å²) in [4.78, 5) is 0. The minimum atomic E-state index is -2.60. The first-order chi connectivity index (χ1) is 4.52. The minimum Gasteiger partial charge on any atom is -0.365 e. The monoisotopic (exact) mass is 182 g/mol. The quantitative estimate of drug-likeness (QED) is 0.409. The first kappa shape index (κ1) is 8.35. The maximum Gasteiger partial charge on any atom is 0.349 e. The molecule has 2 unspecified atom stereocenters. The van der Waals surface area contributed by atoms with Gasteiger partial charge in [0.05, 0.1) is 0 Å². The van der Waals surface area contributed by atoms with E-state index in [1.165, 1.54) is 0 Å². The van der Waals surface area contributed by atoms with Gasteiger partial charge in [-0.3, -0.25) is 4.11 Å². The van der Waals surface area contributed by atoms with Crippen molar-refractivity contribution in [2.75, 3.05) is 0 Å². The SMILES string of the molecule is C[Si]1(C)CCC(F)O[SiH]1F. The molecule has 1 fully saturated rings. The van der Waals surface area contributed by atoms with Crippen molar-refractivity contribution in [2.24, 2.45) is 0 Å². The Morgan fingerprint density at radius 1 is 1.60 bits per heavy atom. The van der Waals surface area contributed by atoms with Gasteiger partial charge in [-0.05, 0) is 0 Å². The van der Waals surface area contributed by atoms with Crippen LogP contribution < -0.4 is 0 Å². The number of hydrogen-bond acceptors (Lipinski definition) is 1. The third-order valence-corrected chi connectivity index (χ3v) is 10.2. The van der Waals surface area contributed by atoms with E-state index in [-0.39, 0.29) is 0 Å². The largest absolute Gasteiger partial charge is 0.365 e. The summed E-state index contributed by atoms with van der Waals surface area (Å²) in [5.41, 5.74) is 0. The van der Waals surface area contributed by atoms with Crippen LogP contribution in [0.2, 0.25) is 19.1 Å². The van der Waals surface area contributed by atoms with Crippen LogP contribution in [0.4, 0.5) is 8.50 Å². The smallest absolute Gasteiger partial charge is 0.349 e. The van der Waals surface area contributed by atoms with Gasteiger partial charge in [0.1, 0.15) is 7.59 Å². The molecule has 0 aromatic heterocycles. The molecule has 1 heterocycles. The lowest BCUT2D eigenvalue weighted by Gasteiger charge is -2.31. The predicted molar refractivity (Wildman–Crippen MR) is 41.1 cm³/mol. The molecule has 0 radical (unpaired) electrons. The summed E-state index contributed by atoms with van der Waals surface area (Å²) in [6.45, 7) is 3.88. The van der Waals surface area contributed by atoms with Gasteiger partial charge in [0.25, 0.3) is 0 Å². The molecule has 0 amide bonds. The molecule has 1 aliphatic rings. The van der Waals surface area contributed by atoms with Gasteiger partial charge < -0.3 is 4.43 Å². The van der Waals surface area contributed by atoms with Gasteiger partial charge in [0.2, 0.25) is 0 Å². The molecule has 2 atom stereocenters. The zero-order valence-corrected chi connectivity index (χ0v) is 8.39. The number of halogens is 2. The third kappa shape index (κ3) is 1.64. The molecule has 0 bridgehead atoms. The summed E-state index contributed by atoms with van der Waals surface area (Å²) < 4.78 is 29.9. The zero-order chi connectivity index (χ0) is 7.78. The highest BCUT2D eigenvalue weighted by atomic mass is 29.3. The molecule has 1 rings (SSSR count). The van der Waals surface area contributed by atoms with Gasteiger partial charge in [-0.1, -0.05) is 19.1 Å². The normalized spacial score (nSPS) is 39.6. The number of alkyl halides is 1. The molecule has 0 saturated carbocycles. The standard InChI is InChI=1S/C5H12F2OSi2/c1-10(2)4-3-5(6)8-9(10)7/h5,9H,3-4H2,1-2H3. The predicted octanol–water partition coefficient (Wildman–Crippen LogP) is 1.68. The van der Waals surface area contributed by atoms with E-state index >= 15 is 0 Å². The van der Waals surface area contributed by atoms with Crippen molar-refractivity contribution in [3.8, 4) is 0 Å². The van der Waals surface area contributed by atoms with E-state index in [1.807, 2.05) is 13.1 Å². The van der Waals surface area contributed by atoms with E-state index < -0.39 is 22.8 Å². The summed E-state index contributed by atoms with van der Waals surface area (Å²) >= 11 is 0. The Balaban J connectivity index is 2.52. The maximum absolute atomic E-state index is 13.0. The first-order valence-electron chi connectivity index (χ1n) is 3.46. The Morgan fingerprint density at radius 2 is 2.20 bits per heavy atom. The summed E-state index contributed by atoms with van der Waals surface area (Å²) in [7, 11) is -4.32. The van der Waals surface area contributed by atoms with Crippen molar-refractivity contribution in [3.05, 3.63) is 0 Å². The molecular formula is C5H12F2OSi2. The van der Waals surface area contributed by atoms with Crippen LogP contribution in [-0.2, 0) is 4.43 Å². The molecule has 1 aliphatic heterocycles. The van der Waals surface area contributed by atoms with E-state index in [0.29, 0.717) is 6.42 Å². The van der Waals surface area contributed by atoms with Gasteiger partial charge in [-0.2, -0.15) is 0 Å². The Hall–Kier alpha value is 0.254. The molecule has 1 saturated heterocycles. The van der Waals surface area contributed by atoms with Gasteiger partial charge in [-0.15, -0.1) is 0 Å². The third-order valence-electron chi connectivity index (χ3n) is 1.90. The highest BCUT2D eigenvalue weighted by molar-refractivity contribution is 7.27. The Labute approximate surface area is 62.1 Å². The van der Waals surface area contributed by atoms with Crippen LogP contribution in [0, 0.1) is 0 Å². The van der Waals surface area contributed by atoms with Crippen molar-refractivity contribution >= 4 is 16.5 Å². The lowest BCUT2D eigenvalue weighted by Crippen LogP contribution is -2.50. The van der Waals surface area contributed by atoms with Crippen molar-refractivity contribution in [1.29, 1.82) is 0 Å². The van der Waals surface area contributed by atoms with Gasteiger partial charge in [0, 0.05) is 6.42 Å².